The highest BCUT2D eigenvalue weighted by Gasteiger charge is 2.22. The van der Waals surface area contributed by atoms with Gasteiger partial charge in [0.05, 0.1) is 23.3 Å². The Hall–Kier alpha value is -1.77. The molecule has 2 rings (SSSR count). The number of furan rings is 1. The molecule has 0 atom stereocenters. The summed E-state index contributed by atoms with van der Waals surface area (Å²) in [5, 5.41) is 0. The normalized spacial score (nSPS) is 11.4. The Bertz CT molecular complexity index is 727. The summed E-state index contributed by atoms with van der Waals surface area (Å²) in [6, 6.07) is 6.86. The van der Waals surface area contributed by atoms with Gasteiger partial charge in [-0.3, -0.25) is 0 Å². The summed E-state index contributed by atoms with van der Waals surface area (Å²) in [4.78, 5) is -0.613. The lowest BCUT2D eigenvalue weighted by atomic mass is 10.2. The van der Waals surface area contributed by atoms with Gasteiger partial charge in [0.2, 0.25) is 10.0 Å². The maximum absolute atomic E-state index is 13.7. The minimum absolute atomic E-state index is 0.0530. The van der Waals surface area contributed by atoms with E-state index in [1.807, 2.05) is 0 Å². The largest absolute Gasteiger partial charge is 0.468 e. The second-order valence-corrected chi connectivity index (χ2v) is 6.06. The van der Waals surface area contributed by atoms with Crippen molar-refractivity contribution in [1.82, 2.24) is 4.72 Å². The average molecular weight is 314 g/mol. The highest BCUT2D eigenvalue weighted by atomic mass is 32.2. The van der Waals surface area contributed by atoms with E-state index in [2.05, 4.69) is 4.72 Å². The first kappa shape index (κ1) is 14.6. The summed E-state index contributed by atoms with van der Waals surface area (Å²) in [5.74, 6) is -0.347. The van der Waals surface area contributed by atoms with Gasteiger partial charge in [0.1, 0.15) is 16.6 Å². The zero-order valence-electron chi connectivity index (χ0n) is 10.2. The van der Waals surface area contributed by atoms with Crippen LogP contribution in [0.2, 0.25) is 0 Å². The van der Waals surface area contributed by atoms with Crippen LogP contribution in [0.1, 0.15) is 11.3 Å². The third-order valence-electron chi connectivity index (χ3n) is 2.53. The van der Waals surface area contributed by atoms with Gasteiger partial charge in [0.15, 0.2) is 0 Å². The zero-order chi connectivity index (χ0) is 14.8. The first-order valence-corrected chi connectivity index (χ1v) is 7.41. The molecule has 0 fully saturated rings. The molecule has 1 heterocycles. The molecule has 3 N–H and O–H groups in total. The predicted molar refractivity (Wildman–Crippen MR) is 75.0 cm³/mol. The number of nitrogens with one attached hydrogen (secondary N) is 1. The quantitative estimate of drug-likeness (QED) is 0.818. The molecular formula is C12H11FN2O3S2. The third-order valence-corrected chi connectivity index (χ3v) is 4.18. The van der Waals surface area contributed by atoms with Gasteiger partial charge in [-0.05, 0) is 24.3 Å². The van der Waals surface area contributed by atoms with E-state index in [4.69, 9.17) is 22.4 Å². The monoisotopic (exact) mass is 314 g/mol. The number of nitrogens with two attached hydrogens (primary N) is 1. The molecule has 1 aromatic carbocycles. The molecule has 106 valence electrons. The first-order valence-electron chi connectivity index (χ1n) is 5.52. The van der Waals surface area contributed by atoms with Crippen LogP contribution < -0.4 is 10.5 Å². The van der Waals surface area contributed by atoms with E-state index in [9.17, 15) is 12.8 Å². The molecule has 8 heteroatoms. The fourth-order valence-electron chi connectivity index (χ4n) is 1.62. The molecule has 0 amide bonds. The summed E-state index contributed by atoms with van der Waals surface area (Å²) in [7, 11) is -3.95. The molecule has 5 nitrogen and oxygen atoms in total. The van der Waals surface area contributed by atoms with E-state index in [-0.39, 0.29) is 22.0 Å². The van der Waals surface area contributed by atoms with Gasteiger partial charge in [-0.2, -0.15) is 0 Å². The van der Waals surface area contributed by atoms with E-state index in [0.717, 1.165) is 6.07 Å². The average Bonchev–Trinajstić information content (AvgIpc) is 2.89. The lowest BCUT2D eigenvalue weighted by molar-refractivity contribution is 0.498. The van der Waals surface area contributed by atoms with E-state index >= 15 is 0 Å². The van der Waals surface area contributed by atoms with Gasteiger partial charge in [-0.25, -0.2) is 17.5 Å². The lowest BCUT2D eigenvalue weighted by Crippen LogP contribution is -2.26. The topological polar surface area (TPSA) is 85.3 Å². The number of rotatable bonds is 5. The standard InChI is InChI=1S/C12H11FN2O3S2/c13-9-4-1-5-10(11(9)12(14)19)20(16,17)15-7-8-3-2-6-18-8/h1-6,15H,7H2,(H2,14,19). The summed E-state index contributed by atoms with van der Waals surface area (Å²) in [6.07, 6.45) is 1.42. The van der Waals surface area contributed by atoms with E-state index in [0.29, 0.717) is 5.76 Å². The van der Waals surface area contributed by atoms with Crippen LogP contribution in [0.25, 0.3) is 0 Å². The molecule has 0 bridgehead atoms. The van der Waals surface area contributed by atoms with Crippen molar-refractivity contribution in [3.63, 3.8) is 0 Å². The Morgan fingerprint density at radius 2 is 2.10 bits per heavy atom. The molecule has 0 aliphatic carbocycles. The van der Waals surface area contributed by atoms with Crippen LogP contribution in [0.5, 0.6) is 0 Å². The third kappa shape index (κ3) is 3.03. The minimum atomic E-state index is -3.95. The molecule has 0 saturated carbocycles. The molecule has 20 heavy (non-hydrogen) atoms. The van der Waals surface area contributed by atoms with Crippen molar-refractivity contribution in [1.29, 1.82) is 0 Å². The molecular weight excluding hydrogens is 303 g/mol. The Labute approximate surface area is 120 Å². The minimum Gasteiger partial charge on any atom is -0.468 e. The van der Waals surface area contributed by atoms with Gasteiger partial charge in [0, 0.05) is 0 Å². The number of hydrogen-bond donors (Lipinski definition) is 2. The van der Waals surface area contributed by atoms with Crippen molar-refractivity contribution in [3.8, 4) is 0 Å². The van der Waals surface area contributed by atoms with Gasteiger partial charge in [0.25, 0.3) is 0 Å². The second-order valence-electron chi connectivity index (χ2n) is 3.88. The van der Waals surface area contributed by atoms with Crippen molar-refractivity contribution in [2.75, 3.05) is 0 Å². The fraction of sp³-hybridized carbons (Fsp3) is 0.0833. The summed E-state index contributed by atoms with van der Waals surface area (Å²) in [5.41, 5.74) is 5.09. The lowest BCUT2D eigenvalue weighted by Gasteiger charge is -2.10. The SMILES string of the molecule is NC(=S)c1c(F)cccc1S(=O)(=O)NCc1ccco1. The molecule has 0 saturated heterocycles. The Morgan fingerprint density at radius 1 is 1.35 bits per heavy atom. The highest BCUT2D eigenvalue weighted by molar-refractivity contribution is 7.89. The molecule has 0 aliphatic heterocycles. The number of sulfonamides is 1. The smallest absolute Gasteiger partial charge is 0.241 e. The summed E-state index contributed by atoms with van der Waals surface area (Å²) < 4.78 is 45.3. The number of thiocarbonyl (C=S) groups is 1. The van der Waals surface area contributed by atoms with E-state index < -0.39 is 15.8 Å². The predicted octanol–water partition coefficient (Wildman–Crippen LogP) is 1.53. The van der Waals surface area contributed by atoms with Crippen LogP contribution in [0.15, 0.2) is 45.9 Å². The van der Waals surface area contributed by atoms with Crippen molar-refractivity contribution >= 4 is 27.2 Å². The molecule has 0 aliphatic rings. The molecule has 0 radical (unpaired) electrons. The first-order chi connectivity index (χ1) is 9.42. The van der Waals surface area contributed by atoms with Crippen LogP contribution >= 0.6 is 12.2 Å². The number of hydrogen-bond acceptors (Lipinski definition) is 4. The Balaban J connectivity index is 2.34. The molecule has 0 unspecified atom stereocenters. The van der Waals surface area contributed by atoms with Crippen molar-refractivity contribution in [2.45, 2.75) is 11.4 Å². The molecule has 1 aromatic heterocycles. The van der Waals surface area contributed by atoms with Gasteiger partial charge in [-0.1, -0.05) is 18.3 Å². The van der Waals surface area contributed by atoms with Crippen LogP contribution in [0, 0.1) is 5.82 Å². The van der Waals surface area contributed by atoms with Gasteiger partial charge in [-0.15, -0.1) is 0 Å². The fourth-order valence-corrected chi connectivity index (χ4v) is 3.12. The highest BCUT2D eigenvalue weighted by Crippen LogP contribution is 2.19. The van der Waals surface area contributed by atoms with Gasteiger partial charge >= 0.3 is 0 Å². The second kappa shape index (κ2) is 5.70. The van der Waals surface area contributed by atoms with Crippen LogP contribution in [-0.4, -0.2) is 13.4 Å². The van der Waals surface area contributed by atoms with Crippen LogP contribution in [0.3, 0.4) is 0 Å². The number of benzene rings is 1. The van der Waals surface area contributed by atoms with E-state index in [1.165, 1.54) is 18.4 Å². The molecule has 2 aromatic rings. The number of halogens is 1. The van der Waals surface area contributed by atoms with Crippen LogP contribution in [-0.2, 0) is 16.6 Å². The van der Waals surface area contributed by atoms with E-state index in [1.54, 1.807) is 12.1 Å². The Morgan fingerprint density at radius 3 is 2.70 bits per heavy atom. The maximum atomic E-state index is 13.7. The van der Waals surface area contributed by atoms with Gasteiger partial charge < -0.3 is 10.2 Å². The summed E-state index contributed by atoms with van der Waals surface area (Å²) >= 11 is 4.70. The van der Waals surface area contributed by atoms with Crippen molar-refractivity contribution in [2.24, 2.45) is 5.73 Å². The Kier molecular flexibility index (Phi) is 4.17. The summed E-state index contributed by atoms with van der Waals surface area (Å²) in [6.45, 7) is -0.0530. The van der Waals surface area contributed by atoms with Crippen LogP contribution in [0.4, 0.5) is 4.39 Å². The molecule has 0 spiro atoms. The van der Waals surface area contributed by atoms with Crippen molar-refractivity contribution in [3.05, 3.63) is 53.7 Å². The van der Waals surface area contributed by atoms with Crippen molar-refractivity contribution < 1.29 is 17.2 Å². The maximum Gasteiger partial charge on any atom is 0.241 e. The zero-order valence-corrected chi connectivity index (χ0v) is 11.8.